The van der Waals surface area contributed by atoms with Crippen molar-refractivity contribution in [3.05, 3.63) is 86.4 Å². The summed E-state index contributed by atoms with van der Waals surface area (Å²) in [4.78, 5) is 22.5. The minimum Gasteiger partial charge on any atom is -0.477 e. The Labute approximate surface area is 209 Å². The number of aryl methyl sites for hydroxylation is 1. The molecular weight excluding hydrogens is 534 g/mol. The second-order valence-corrected chi connectivity index (χ2v) is 7.93. The summed E-state index contributed by atoms with van der Waals surface area (Å²) >= 11 is 5.89. The van der Waals surface area contributed by atoms with Crippen molar-refractivity contribution < 1.29 is 45.5 Å². The molecule has 3 rings (SSSR count). The topological polar surface area (TPSA) is 90.7 Å². The van der Waals surface area contributed by atoms with Gasteiger partial charge < -0.3 is 14.8 Å². The Morgan fingerprint density at radius 1 is 0.919 bits per heavy atom. The van der Waals surface area contributed by atoms with E-state index in [0.29, 0.717) is 28.8 Å². The summed E-state index contributed by atoms with van der Waals surface area (Å²) in [5.41, 5.74) is -3.33. The van der Waals surface area contributed by atoms with Crippen molar-refractivity contribution in [2.75, 3.05) is 11.9 Å². The fourth-order valence-corrected chi connectivity index (χ4v) is 3.25. The largest absolute Gasteiger partial charge is 0.477 e. The number of nitro benzene ring substituents is 1. The first-order valence-electron chi connectivity index (χ1n) is 10.1. The minimum absolute atomic E-state index is 0.174. The van der Waals surface area contributed by atoms with Gasteiger partial charge in [-0.05, 0) is 61.0 Å². The Kier molecular flexibility index (Phi) is 7.86. The third-order valence-electron chi connectivity index (χ3n) is 4.78. The summed E-state index contributed by atoms with van der Waals surface area (Å²) in [5, 5.41) is 13.7. The van der Waals surface area contributed by atoms with Crippen LogP contribution in [0.1, 0.15) is 16.7 Å². The number of nitrogens with zero attached hydrogens (tertiary/aromatic N) is 1. The SMILES string of the molecule is Cc1cc(Cl)ccc1Oc1ccc(C(F)(F)F)cc1NC(=O)COc1ccc(C(F)(F)F)cc1[N+](=O)[O-]. The van der Waals surface area contributed by atoms with Gasteiger partial charge in [-0.2, -0.15) is 26.3 Å². The van der Waals surface area contributed by atoms with Gasteiger partial charge in [-0.1, -0.05) is 11.6 Å². The van der Waals surface area contributed by atoms with Crippen molar-refractivity contribution in [1.29, 1.82) is 0 Å². The number of carbonyl (C=O) groups excluding carboxylic acids is 1. The van der Waals surface area contributed by atoms with Gasteiger partial charge in [0, 0.05) is 11.1 Å². The number of nitro groups is 1. The van der Waals surface area contributed by atoms with E-state index in [1.807, 2.05) is 0 Å². The van der Waals surface area contributed by atoms with Crippen LogP contribution in [0.25, 0.3) is 0 Å². The number of benzene rings is 3. The van der Waals surface area contributed by atoms with Gasteiger partial charge in [-0.15, -0.1) is 0 Å². The number of halogens is 7. The van der Waals surface area contributed by atoms with Crippen LogP contribution in [0.2, 0.25) is 5.02 Å². The molecule has 1 N–H and O–H groups in total. The molecule has 3 aromatic carbocycles. The van der Waals surface area contributed by atoms with Gasteiger partial charge in [0.05, 0.1) is 21.7 Å². The summed E-state index contributed by atoms with van der Waals surface area (Å²) in [6.45, 7) is 0.663. The molecule has 0 aromatic heterocycles. The summed E-state index contributed by atoms with van der Waals surface area (Å²) < 4.78 is 88.9. The summed E-state index contributed by atoms with van der Waals surface area (Å²) in [7, 11) is 0. The van der Waals surface area contributed by atoms with Gasteiger partial charge in [0.25, 0.3) is 5.91 Å². The number of alkyl halides is 6. The first kappa shape index (κ1) is 27.6. The maximum atomic E-state index is 13.2. The van der Waals surface area contributed by atoms with Gasteiger partial charge in [-0.3, -0.25) is 14.9 Å². The first-order chi connectivity index (χ1) is 17.1. The monoisotopic (exact) mass is 548 g/mol. The summed E-state index contributed by atoms with van der Waals surface area (Å²) in [6, 6.07) is 8.24. The fraction of sp³-hybridized carbons (Fsp3) is 0.174. The fourth-order valence-electron chi connectivity index (χ4n) is 3.03. The Bertz CT molecular complexity index is 1340. The van der Waals surface area contributed by atoms with Gasteiger partial charge >= 0.3 is 18.0 Å². The Morgan fingerprint density at radius 3 is 2.05 bits per heavy atom. The molecule has 3 aromatic rings. The molecule has 0 heterocycles. The van der Waals surface area contributed by atoms with Crippen LogP contribution >= 0.6 is 11.6 Å². The van der Waals surface area contributed by atoms with E-state index in [4.69, 9.17) is 21.1 Å². The Morgan fingerprint density at radius 2 is 1.49 bits per heavy atom. The normalized spacial score (nSPS) is 11.7. The lowest BCUT2D eigenvalue weighted by Gasteiger charge is -2.16. The number of hydrogen-bond acceptors (Lipinski definition) is 5. The zero-order valence-corrected chi connectivity index (χ0v) is 19.3. The molecule has 0 atom stereocenters. The molecular formula is C23H15ClF6N2O5. The molecule has 0 radical (unpaired) electrons. The quantitative estimate of drug-likeness (QED) is 0.189. The lowest BCUT2D eigenvalue weighted by Crippen LogP contribution is -2.21. The highest BCUT2D eigenvalue weighted by Gasteiger charge is 2.34. The van der Waals surface area contributed by atoms with Crippen molar-refractivity contribution in [3.63, 3.8) is 0 Å². The molecule has 7 nitrogen and oxygen atoms in total. The molecule has 0 aliphatic carbocycles. The van der Waals surface area contributed by atoms with Crippen molar-refractivity contribution in [2.45, 2.75) is 19.3 Å². The third kappa shape index (κ3) is 7.03. The predicted molar refractivity (Wildman–Crippen MR) is 120 cm³/mol. The number of ether oxygens (including phenoxy) is 2. The molecule has 0 bridgehead atoms. The van der Waals surface area contributed by atoms with Crippen molar-refractivity contribution in [1.82, 2.24) is 0 Å². The van der Waals surface area contributed by atoms with Crippen LogP contribution in [0.5, 0.6) is 17.2 Å². The van der Waals surface area contributed by atoms with Crippen molar-refractivity contribution >= 4 is 28.9 Å². The van der Waals surface area contributed by atoms with Crippen molar-refractivity contribution in [3.8, 4) is 17.2 Å². The van der Waals surface area contributed by atoms with Crippen LogP contribution < -0.4 is 14.8 Å². The maximum Gasteiger partial charge on any atom is 0.416 e. The van der Waals surface area contributed by atoms with Crippen LogP contribution in [-0.2, 0) is 17.1 Å². The van der Waals surface area contributed by atoms with E-state index in [2.05, 4.69) is 5.32 Å². The average molecular weight is 549 g/mol. The maximum absolute atomic E-state index is 13.2. The summed E-state index contributed by atoms with van der Waals surface area (Å²) in [6.07, 6.45) is -9.62. The second kappa shape index (κ2) is 10.5. The smallest absolute Gasteiger partial charge is 0.416 e. The number of hydrogen-bond donors (Lipinski definition) is 1. The second-order valence-electron chi connectivity index (χ2n) is 7.49. The molecule has 0 saturated heterocycles. The van der Waals surface area contributed by atoms with Crippen LogP contribution in [0.15, 0.2) is 54.6 Å². The van der Waals surface area contributed by atoms with Gasteiger partial charge in [0.1, 0.15) is 5.75 Å². The molecule has 0 aliphatic rings. The van der Waals surface area contributed by atoms with E-state index in [1.165, 1.54) is 12.1 Å². The summed E-state index contributed by atoms with van der Waals surface area (Å²) in [5.74, 6) is -1.65. The van der Waals surface area contributed by atoms with Gasteiger partial charge in [-0.25, -0.2) is 0 Å². The molecule has 37 heavy (non-hydrogen) atoms. The number of nitrogens with one attached hydrogen (secondary N) is 1. The number of amides is 1. The highest BCUT2D eigenvalue weighted by atomic mass is 35.5. The van der Waals surface area contributed by atoms with E-state index in [-0.39, 0.29) is 17.6 Å². The van der Waals surface area contributed by atoms with E-state index >= 15 is 0 Å². The minimum atomic E-state index is -4.86. The molecule has 1 amide bonds. The molecule has 0 unspecified atom stereocenters. The van der Waals surface area contributed by atoms with Crippen molar-refractivity contribution in [2.24, 2.45) is 0 Å². The standard InChI is InChI=1S/C23H15ClF6N2O5/c1-12-8-15(24)4-7-18(12)37-19-5-2-13(22(25,26)27)9-16(19)31-21(33)11-36-20-6-3-14(23(28,29)30)10-17(20)32(34)35/h2-10H,11H2,1H3,(H,31,33). The highest BCUT2D eigenvalue weighted by Crippen LogP contribution is 2.38. The number of anilines is 1. The van der Waals surface area contributed by atoms with Crippen LogP contribution in [-0.4, -0.2) is 17.4 Å². The van der Waals surface area contributed by atoms with Crippen LogP contribution in [0, 0.1) is 17.0 Å². The molecule has 0 aliphatic heterocycles. The average Bonchev–Trinajstić information content (AvgIpc) is 2.79. The van der Waals surface area contributed by atoms with E-state index in [0.717, 1.165) is 12.1 Å². The van der Waals surface area contributed by atoms with Crippen LogP contribution in [0.4, 0.5) is 37.7 Å². The number of carbonyl (C=O) groups is 1. The zero-order chi connectivity index (χ0) is 27.5. The lowest BCUT2D eigenvalue weighted by atomic mass is 10.1. The molecule has 0 spiro atoms. The third-order valence-corrected chi connectivity index (χ3v) is 5.01. The Balaban J connectivity index is 1.84. The zero-order valence-electron chi connectivity index (χ0n) is 18.5. The van der Waals surface area contributed by atoms with Gasteiger partial charge in [0.15, 0.2) is 18.1 Å². The van der Waals surface area contributed by atoms with E-state index < -0.39 is 58.0 Å². The Hall–Kier alpha value is -4.00. The molecule has 14 heteroatoms. The molecule has 196 valence electrons. The van der Waals surface area contributed by atoms with Crippen LogP contribution in [0.3, 0.4) is 0 Å². The van der Waals surface area contributed by atoms with E-state index in [9.17, 15) is 41.3 Å². The molecule has 0 fully saturated rings. The lowest BCUT2D eigenvalue weighted by molar-refractivity contribution is -0.386. The number of rotatable bonds is 7. The van der Waals surface area contributed by atoms with E-state index in [1.54, 1.807) is 13.0 Å². The first-order valence-corrected chi connectivity index (χ1v) is 10.5. The molecule has 0 saturated carbocycles. The predicted octanol–water partition coefficient (Wildman–Crippen LogP) is 7.40. The van der Waals surface area contributed by atoms with Gasteiger partial charge in [0.2, 0.25) is 0 Å². The highest BCUT2D eigenvalue weighted by molar-refractivity contribution is 6.30.